The van der Waals surface area contributed by atoms with Gasteiger partial charge in [-0.05, 0) is 26.0 Å². The minimum atomic E-state index is -0.352. The van der Waals surface area contributed by atoms with Gasteiger partial charge in [0.1, 0.15) is 9.88 Å². The Morgan fingerprint density at radius 3 is 2.83 bits per heavy atom. The Balaban J connectivity index is 1.96. The van der Waals surface area contributed by atoms with Crippen molar-refractivity contribution >= 4 is 23.3 Å². The lowest BCUT2D eigenvalue weighted by molar-refractivity contribution is 0.0531. The lowest BCUT2D eigenvalue weighted by Gasteiger charge is -1.99. The summed E-state index contributed by atoms with van der Waals surface area (Å²) in [6, 6.07) is 7.46. The molecule has 3 aromatic rings. The molecule has 0 radical (unpaired) electrons. The van der Waals surface area contributed by atoms with Crippen LogP contribution in [0.25, 0.3) is 22.0 Å². The molecule has 0 spiro atoms. The first kappa shape index (κ1) is 15.2. The van der Waals surface area contributed by atoms with Crippen LogP contribution in [0.4, 0.5) is 6.01 Å². The summed E-state index contributed by atoms with van der Waals surface area (Å²) in [7, 11) is 0. The van der Waals surface area contributed by atoms with Gasteiger partial charge >= 0.3 is 12.0 Å². The highest BCUT2D eigenvalue weighted by molar-refractivity contribution is 7.17. The summed E-state index contributed by atoms with van der Waals surface area (Å²) in [5.41, 5.74) is 7.68. The van der Waals surface area contributed by atoms with Crippen molar-refractivity contribution in [2.75, 3.05) is 12.3 Å². The molecule has 118 valence electrons. The van der Waals surface area contributed by atoms with Gasteiger partial charge in [-0.1, -0.05) is 17.2 Å². The van der Waals surface area contributed by atoms with Gasteiger partial charge in [0.05, 0.1) is 12.3 Å². The van der Waals surface area contributed by atoms with E-state index in [0.717, 1.165) is 16.1 Å². The Bertz CT molecular complexity index is 856. The third-order valence-corrected chi connectivity index (χ3v) is 4.24. The van der Waals surface area contributed by atoms with Crippen LogP contribution < -0.4 is 5.73 Å². The number of ether oxygens (including phenoxy) is 1. The number of hydrogen-bond acceptors (Lipinski definition) is 8. The van der Waals surface area contributed by atoms with Crippen LogP contribution >= 0.6 is 11.3 Å². The van der Waals surface area contributed by atoms with Gasteiger partial charge in [-0.3, -0.25) is 0 Å². The van der Waals surface area contributed by atoms with Gasteiger partial charge in [-0.2, -0.15) is 0 Å². The van der Waals surface area contributed by atoms with Crippen molar-refractivity contribution in [2.24, 2.45) is 0 Å². The molecule has 1 aromatic carbocycles. The van der Waals surface area contributed by atoms with Crippen LogP contribution in [0.2, 0.25) is 0 Å². The third-order valence-electron chi connectivity index (χ3n) is 3.05. The van der Waals surface area contributed by atoms with E-state index in [-0.39, 0.29) is 12.0 Å². The number of anilines is 1. The molecular weight excluding hydrogens is 316 g/mol. The number of carbonyl (C=O) groups excluding carboxylic acids is 1. The van der Waals surface area contributed by atoms with E-state index in [2.05, 4.69) is 15.2 Å². The molecule has 0 saturated carbocycles. The van der Waals surface area contributed by atoms with Crippen LogP contribution in [-0.4, -0.2) is 27.8 Å². The van der Waals surface area contributed by atoms with E-state index in [4.69, 9.17) is 14.9 Å². The number of aryl methyl sites for hydroxylation is 1. The van der Waals surface area contributed by atoms with E-state index in [1.165, 1.54) is 11.3 Å². The SMILES string of the molecule is CCOC(=O)c1sc(-c2cccc(-c3nnc(N)o3)c2)nc1C. The van der Waals surface area contributed by atoms with Crippen LogP contribution in [0, 0.1) is 6.92 Å². The molecule has 3 rings (SSSR count). The number of aromatic nitrogens is 3. The lowest BCUT2D eigenvalue weighted by Crippen LogP contribution is -2.03. The van der Waals surface area contributed by atoms with Gasteiger partial charge in [0.2, 0.25) is 5.89 Å². The fourth-order valence-corrected chi connectivity index (χ4v) is 3.00. The quantitative estimate of drug-likeness (QED) is 0.733. The van der Waals surface area contributed by atoms with Crippen molar-refractivity contribution in [3.8, 4) is 22.0 Å². The van der Waals surface area contributed by atoms with Crippen molar-refractivity contribution in [3.63, 3.8) is 0 Å². The number of hydrogen-bond donors (Lipinski definition) is 1. The Hall–Kier alpha value is -2.74. The van der Waals surface area contributed by atoms with Crippen molar-refractivity contribution in [1.29, 1.82) is 0 Å². The number of nitrogen functional groups attached to an aromatic ring is 1. The largest absolute Gasteiger partial charge is 0.462 e. The number of thiazole rings is 1. The second-order valence-corrected chi connectivity index (χ2v) is 5.68. The van der Waals surface area contributed by atoms with Crippen LogP contribution in [0.3, 0.4) is 0 Å². The van der Waals surface area contributed by atoms with Gasteiger partial charge < -0.3 is 14.9 Å². The molecule has 0 aliphatic heterocycles. The first-order valence-corrected chi connectivity index (χ1v) is 7.74. The smallest absolute Gasteiger partial charge is 0.350 e. The molecule has 0 amide bonds. The van der Waals surface area contributed by atoms with Crippen LogP contribution in [-0.2, 0) is 4.74 Å². The summed E-state index contributed by atoms with van der Waals surface area (Å²) in [4.78, 5) is 16.9. The molecule has 8 heteroatoms. The van der Waals surface area contributed by atoms with E-state index in [1.54, 1.807) is 13.8 Å². The molecule has 0 aliphatic carbocycles. The highest BCUT2D eigenvalue weighted by Gasteiger charge is 2.17. The van der Waals surface area contributed by atoms with Crippen LogP contribution in [0.5, 0.6) is 0 Å². The summed E-state index contributed by atoms with van der Waals surface area (Å²) in [5.74, 6) is -0.0159. The normalized spacial score (nSPS) is 10.7. The summed E-state index contributed by atoms with van der Waals surface area (Å²) >= 11 is 1.29. The molecule has 2 heterocycles. The Kier molecular flexibility index (Phi) is 4.07. The summed E-state index contributed by atoms with van der Waals surface area (Å²) < 4.78 is 10.3. The molecule has 7 nitrogen and oxygen atoms in total. The molecule has 2 N–H and O–H groups in total. The monoisotopic (exact) mass is 330 g/mol. The molecule has 0 unspecified atom stereocenters. The zero-order valence-electron chi connectivity index (χ0n) is 12.6. The fraction of sp³-hybridized carbons (Fsp3) is 0.200. The van der Waals surface area contributed by atoms with E-state index in [1.807, 2.05) is 24.3 Å². The van der Waals surface area contributed by atoms with E-state index in [9.17, 15) is 4.79 Å². The second-order valence-electron chi connectivity index (χ2n) is 4.68. The van der Waals surface area contributed by atoms with Crippen molar-refractivity contribution in [3.05, 3.63) is 34.8 Å². The van der Waals surface area contributed by atoms with Crippen LogP contribution in [0.15, 0.2) is 28.7 Å². The van der Waals surface area contributed by atoms with E-state index < -0.39 is 0 Å². The molecule has 2 aromatic heterocycles. The Labute approximate surface area is 136 Å². The Morgan fingerprint density at radius 2 is 2.13 bits per heavy atom. The molecule has 0 atom stereocenters. The Morgan fingerprint density at radius 1 is 1.35 bits per heavy atom. The summed E-state index contributed by atoms with van der Waals surface area (Å²) in [6.07, 6.45) is 0. The maximum Gasteiger partial charge on any atom is 0.350 e. The molecule has 0 aliphatic rings. The van der Waals surface area contributed by atoms with Crippen molar-refractivity contribution in [1.82, 2.24) is 15.2 Å². The molecule has 0 bridgehead atoms. The van der Waals surface area contributed by atoms with Crippen molar-refractivity contribution in [2.45, 2.75) is 13.8 Å². The zero-order chi connectivity index (χ0) is 16.4. The van der Waals surface area contributed by atoms with E-state index in [0.29, 0.717) is 23.1 Å². The molecular formula is C15H14N4O3S. The van der Waals surface area contributed by atoms with Gasteiger partial charge in [-0.15, -0.1) is 16.4 Å². The van der Waals surface area contributed by atoms with Crippen LogP contribution in [0.1, 0.15) is 22.3 Å². The predicted molar refractivity (Wildman–Crippen MR) is 85.9 cm³/mol. The number of rotatable bonds is 4. The highest BCUT2D eigenvalue weighted by Crippen LogP contribution is 2.31. The number of carbonyl (C=O) groups is 1. The molecule has 0 fully saturated rings. The first-order valence-electron chi connectivity index (χ1n) is 6.92. The lowest BCUT2D eigenvalue weighted by atomic mass is 10.1. The van der Waals surface area contributed by atoms with E-state index >= 15 is 0 Å². The third kappa shape index (κ3) is 3.07. The second kappa shape index (κ2) is 6.17. The summed E-state index contributed by atoms with van der Waals surface area (Å²) in [5, 5.41) is 8.23. The standard InChI is InChI=1S/C15H14N4O3S/c1-3-21-14(20)11-8(2)17-13(23-11)10-6-4-5-9(7-10)12-18-19-15(16)22-12/h4-7H,3H2,1-2H3,(H2,16,19). The summed E-state index contributed by atoms with van der Waals surface area (Å²) in [6.45, 7) is 3.89. The minimum absolute atomic E-state index is 0.0140. The first-order chi connectivity index (χ1) is 11.1. The predicted octanol–water partition coefficient (Wildman–Crippen LogP) is 2.93. The average Bonchev–Trinajstić information content (AvgIpc) is 3.14. The van der Waals surface area contributed by atoms with Gasteiger partial charge in [0.15, 0.2) is 0 Å². The molecule has 0 saturated heterocycles. The van der Waals surface area contributed by atoms with Gasteiger partial charge in [0, 0.05) is 11.1 Å². The maximum absolute atomic E-state index is 11.9. The fourth-order valence-electron chi connectivity index (χ4n) is 2.04. The number of benzene rings is 1. The van der Waals surface area contributed by atoms with Crippen molar-refractivity contribution < 1.29 is 13.9 Å². The average molecular weight is 330 g/mol. The number of esters is 1. The topological polar surface area (TPSA) is 104 Å². The maximum atomic E-state index is 11.9. The van der Waals surface area contributed by atoms with Gasteiger partial charge in [0.25, 0.3) is 0 Å². The van der Waals surface area contributed by atoms with Gasteiger partial charge in [-0.25, -0.2) is 9.78 Å². The minimum Gasteiger partial charge on any atom is -0.462 e. The zero-order valence-corrected chi connectivity index (χ0v) is 13.4. The molecule has 23 heavy (non-hydrogen) atoms. The number of nitrogens with zero attached hydrogens (tertiary/aromatic N) is 3. The highest BCUT2D eigenvalue weighted by atomic mass is 32.1. The number of nitrogens with two attached hydrogens (primary N) is 1.